The van der Waals surface area contributed by atoms with Gasteiger partial charge in [0.1, 0.15) is 11.6 Å². The van der Waals surface area contributed by atoms with Crippen LogP contribution >= 0.6 is 15.9 Å². The molecule has 98 valence electrons. The van der Waals surface area contributed by atoms with Gasteiger partial charge >= 0.3 is 11.9 Å². The molecule has 0 unspecified atom stereocenters. The van der Waals surface area contributed by atoms with Crippen LogP contribution in [0.15, 0.2) is 22.7 Å². The lowest BCUT2D eigenvalue weighted by atomic mass is 10.3. The number of hydrogen-bond donors (Lipinski definition) is 0. The Morgan fingerprint density at radius 1 is 1.28 bits per heavy atom. The topological polar surface area (TPSA) is 52.6 Å². The predicted octanol–water partition coefficient (Wildman–Crippen LogP) is 2.84. The molecule has 0 aliphatic carbocycles. The van der Waals surface area contributed by atoms with Crippen molar-refractivity contribution in [1.82, 2.24) is 0 Å². The fraction of sp³-hybridized carbons (Fsp3) is 0.333. The number of esters is 2. The zero-order valence-corrected chi connectivity index (χ0v) is 11.3. The normalized spacial score (nSPS) is 9.94. The van der Waals surface area contributed by atoms with Gasteiger partial charge in [0.05, 0.1) is 23.9 Å². The largest absolute Gasteiger partial charge is 0.466 e. The zero-order valence-electron chi connectivity index (χ0n) is 9.74. The highest BCUT2D eigenvalue weighted by Crippen LogP contribution is 2.25. The highest BCUT2D eigenvalue weighted by Gasteiger charge is 2.11. The van der Waals surface area contributed by atoms with Gasteiger partial charge in [0.2, 0.25) is 0 Å². The van der Waals surface area contributed by atoms with Crippen LogP contribution in [0.25, 0.3) is 0 Å². The monoisotopic (exact) mass is 318 g/mol. The second-order valence-corrected chi connectivity index (χ2v) is 4.21. The molecule has 0 spiro atoms. The summed E-state index contributed by atoms with van der Waals surface area (Å²) in [4.78, 5) is 22.4. The highest BCUT2D eigenvalue weighted by atomic mass is 79.9. The SMILES string of the molecule is CCOC(=O)CCC(=O)Oc1ccc(F)cc1Br. The van der Waals surface area contributed by atoms with Gasteiger partial charge in [-0.3, -0.25) is 9.59 Å². The molecule has 0 N–H and O–H groups in total. The molecule has 18 heavy (non-hydrogen) atoms. The van der Waals surface area contributed by atoms with Gasteiger partial charge in [0.25, 0.3) is 0 Å². The summed E-state index contributed by atoms with van der Waals surface area (Å²) in [5.41, 5.74) is 0. The van der Waals surface area contributed by atoms with Crippen LogP contribution < -0.4 is 4.74 Å². The molecule has 0 heterocycles. The minimum Gasteiger partial charge on any atom is -0.466 e. The molecule has 4 nitrogen and oxygen atoms in total. The standard InChI is InChI=1S/C12H12BrFO4/c1-2-17-11(15)5-6-12(16)18-10-4-3-8(14)7-9(10)13/h3-4,7H,2,5-6H2,1H3. The summed E-state index contributed by atoms with van der Waals surface area (Å²) < 4.78 is 22.8. The summed E-state index contributed by atoms with van der Waals surface area (Å²) in [6, 6.07) is 3.70. The first kappa shape index (κ1) is 14.6. The first-order chi connectivity index (χ1) is 8.52. The van der Waals surface area contributed by atoms with Gasteiger partial charge in [0.15, 0.2) is 0 Å². The van der Waals surface area contributed by atoms with Crippen molar-refractivity contribution < 1.29 is 23.5 Å². The van der Waals surface area contributed by atoms with Crippen molar-refractivity contribution in [3.8, 4) is 5.75 Å². The summed E-state index contributed by atoms with van der Waals surface area (Å²) in [5, 5.41) is 0. The molecule has 0 bridgehead atoms. The molecule has 0 atom stereocenters. The Morgan fingerprint density at radius 3 is 2.56 bits per heavy atom. The summed E-state index contributed by atoms with van der Waals surface area (Å²) in [6.07, 6.45) is -0.117. The van der Waals surface area contributed by atoms with E-state index in [1.54, 1.807) is 6.92 Å². The number of ether oxygens (including phenoxy) is 2. The maximum Gasteiger partial charge on any atom is 0.311 e. The first-order valence-electron chi connectivity index (χ1n) is 5.34. The molecule has 0 aromatic heterocycles. The lowest BCUT2D eigenvalue weighted by molar-refractivity contribution is -0.146. The number of carbonyl (C=O) groups is 2. The van der Waals surface area contributed by atoms with Gasteiger partial charge in [-0.1, -0.05) is 0 Å². The van der Waals surface area contributed by atoms with Crippen LogP contribution in [0.3, 0.4) is 0 Å². The smallest absolute Gasteiger partial charge is 0.311 e. The summed E-state index contributed by atoms with van der Waals surface area (Å²) in [7, 11) is 0. The van der Waals surface area contributed by atoms with E-state index < -0.39 is 17.8 Å². The predicted molar refractivity (Wildman–Crippen MR) is 65.6 cm³/mol. The van der Waals surface area contributed by atoms with Gasteiger partial charge in [-0.25, -0.2) is 4.39 Å². The maximum absolute atomic E-state index is 12.8. The fourth-order valence-electron chi connectivity index (χ4n) is 1.17. The Hall–Kier alpha value is -1.43. The van der Waals surface area contributed by atoms with E-state index in [0.29, 0.717) is 4.47 Å². The van der Waals surface area contributed by atoms with Gasteiger partial charge < -0.3 is 9.47 Å². The van der Waals surface area contributed by atoms with E-state index in [-0.39, 0.29) is 25.2 Å². The van der Waals surface area contributed by atoms with E-state index in [2.05, 4.69) is 20.7 Å². The molecule has 0 radical (unpaired) electrons. The van der Waals surface area contributed by atoms with Crippen LogP contribution in [0, 0.1) is 5.82 Å². The number of halogens is 2. The summed E-state index contributed by atoms with van der Waals surface area (Å²) in [6.45, 7) is 1.96. The van der Waals surface area contributed by atoms with Crippen LogP contribution in [-0.2, 0) is 14.3 Å². The fourth-order valence-corrected chi connectivity index (χ4v) is 1.60. The highest BCUT2D eigenvalue weighted by molar-refractivity contribution is 9.10. The Kier molecular flexibility index (Phi) is 5.77. The molecular weight excluding hydrogens is 307 g/mol. The Morgan fingerprint density at radius 2 is 1.94 bits per heavy atom. The van der Waals surface area contributed by atoms with Crippen LogP contribution in [0.2, 0.25) is 0 Å². The third kappa shape index (κ3) is 4.83. The van der Waals surface area contributed by atoms with E-state index in [0.717, 1.165) is 0 Å². The third-order valence-corrected chi connectivity index (χ3v) is 2.58. The van der Waals surface area contributed by atoms with Crippen molar-refractivity contribution in [3.63, 3.8) is 0 Å². The number of benzene rings is 1. The molecule has 0 saturated heterocycles. The quantitative estimate of drug-likeness (QED) is 0.619. The maximum atomic E-state index is 12.8. The Labute approximate surface area is 112 Å². The molecule has 6 heteroatoms. The summed E-state index contributed by atoms with van der Waals surface area (Å²) >= 11 is 3.07. The minimum atomic E-state index is -0.574. The number of hydrogen-bond acceptors (Lipinski definition) is 4. The van der Waals surface area contributed by atoms with Gasteiger partial charge in [-0.05, 0) is 41.1 Å². The molecule has 0 amide bonds. The Balaban J connectivity index is 2.47. The van der Waals surface area contributed by atoms with Crippen LogP contribution in [-0.4, -0.2) is 18.5 Å². The Bertz CT molecular complexity index is 448. The average molecular weight is 319 g/mol. The molecule has 0 aliphatic heterocycles. The van der Waals surface area contributed by atoms with Crippen LogP contribution in [0.5, 0.6) is 5.75 Å². The van der Waals surface area contributed by atoms with E-state index in [1.165, 1.54) is 18.2 Å². The van der Waals surface area contributed by atoms with Crippen molar-refractivity contribution in [1.29, 1.82) is 0 Å². The van der Waals surface area contributed by atoms with Gasteiger partial charge in [0, 0.05) is 0 Å². The van der Waals surface area contributed by atoms with Gasteiger partial charge in [-0.2, -0.15) is 0 Å². The van der Waals surface area contributed by atoms with E-state index in [1.807, 2.05) is 0 Å². The molecule has 0 aliphatic rings. The number of carbonyl (C=O) groups excluding carboxylic acids is 2. The molecule has 1 rings (SSSR count). The van der Waals surface area contributed by atoms with Crippen molar-refractivity contribution in [2.24, 2.45) is 0 Å². The summed E-state index contributed by atoms with van der Waals surface area (Å²) in [5.74, 6) is -1.25. The van der Waals surface area contributed by atoms with E-state index in [4.69, 9.17) is 4.74 Å². The van der Waals surface area contributed by atoms with Crippen molar-refractivity contribution in [3.05, 3.63) is 28.5 Å². The van der Waals surface area contributed by atoms with Gasteiger partial charge in [-0.15, -0.1) is 0 Å². The molecule has 0 fully saturated rings. The second-order valence-electron chi connectivity index (χ2n) is 3.35. The van der Waals surface area contributed by atoms with Crippen molar-refractivity contribution in [2.75, 3.05) is 6.61 Å². The lowest BCUT2D eigenvalue weighted by Crippen LogP contribution is -2.12. The average Bonchev–Trinajstić information content (AvgIpc) is 2.31. The van der Waals surface area contributed by atoms with Crippen LogP contribution in [0.4, 0.5) is 4.39 Å². The van der Waals surface area contributed by atoms with Crippen molar-refractivity contribution in [2.45, 2.75) is 19.8 Å². The third-order valence-electron chi connectivity index (χ3n) is 1.96. The molecule has 1 aromatic rings. The second kappa shape index (κ2) is 7.10. The lowest BCUT2D eigenvalue weighted by Gasteiger charge is -2.06. The van der Waals surface area contributed by atoms with E-state index in [9.17, 15) is 14.0 Å². The van der Waals surface area contributed by atoms with E-state index >= 15 is 0 Å². The zero-order chi connectivity index (χ0) is 13.5. The molecular formula is C12H12BrFO4. The van der Waals surface area contributed by atoms with Crippen LogP contribution in [0.1, 0.15) is 19.8 Å². The molecule has 1 aromatic carbocycles. The molecule has 0 saturated carbocycles. The minimum absolute atomic E-state index is 0.0362. The van der Waals surface area contributed by atoms with Crippen molar-refractivity contribution >= 4 is 27.9 Å². The number of rotatable bonds is 5. The first-order valence-corrected chi connectivity index (χ1v) is 6.13.